The number of fused-ring (bicyclic) bond motifs is 1. The highest BCUT2D eigenvalue weighted by molar-refractivity contribution is 5.73. The second kappa shape index (κ2) is 2.73. The molecule has 5 heteroatoms. The van der Waals surface area contributed by atoms with Crippen molar-refractivity contribution in [1.82, 2.24) is 4.98 Å². The third-order valence-electron chi connectivity index (χ3n) is 1.79. The highest BCUT2D eigenvalue weighted by Crippen LogP contribution is 2.31. The first-order valence-electron chi connectivity index (χ1n) is 3.91. The molecule has 0 fully saturated rings. The van der Waals surface area contributed by atoms with Gasteiger partial charge in [0.1, 0.15) is 5.52 Å². The molecule has 0 spiro atoms. The minimum absolute atomic E-state index is 0.155. The zero-order valence-electron chi connectivity index (χ0n) is 7.22. The second-order valence-corrected chi connectivity index (χ2v) is 2.99. The predicted molar refractivity (Wildman–Crippen MR) is 43.7 cm³/mol. The Bertz CT molecular complexity index is 472. The molecular formula is C9H6F3NO. The van der Waals surface area contributed by atoms with Crippen LogP contribution in [0.5, 0.6) is 0 Å². The van der Waals surface area contributed by atoms with Crippen molar-refractivity contribution in [3.05, 3.63) is 29.7 Å². The Kier molecular flexibility index (Phi) is 1.77. The predicted octanol–water partition coefficient (Wildman–Crippen LogP) is 3.16. The fourth-order valence-corrected chi connectivity index (χ4v) is 1.16. The van der Waals surface area contributed by atoms with Crippen LogP contribution in [0.15, 0.2) is 22.6 Å². The Labute approximate surface area is 77.4 Å². The Morgan fingerprint density at radius 1 is 1.29 bits per heavy atom. The maximum Gasteiger partial charge on any atom is 0.468 e. The number of rotatable bonds is 0. The van der Waals surface area contributed by atoms with Crippen molar-refractivity contribution in [2.45, 2.75) is 13.1 Å². The molecule has 0 bridgehead atoms. The van der Waals surface area contributed by atoms with Gasteiger partial charge in [-0.1, -0.05) is 6.07 Å². The van der Waals surface area contributed by atoms with Gasteiger partial charge in [0.25, 0.3) is 0 Å². The average Bonchev–Trinajstić information content (AvgIpc) is 2.45. The molecule has 0 amide bonds. The molecule has 74 valence electrons. The minimum Gasteiger partial charge on any atom is -0.433 e. The van der Waals surface area contributed by atoms with Gasteiger partial charge in [-0.15, -0.1) is 0 Å². The molecule has 2 aromatic rings. The topological polar surface area (TPSA) is 26.0 Å². The summed E-state index contributed by atoms with van der Waals surface area (Å²) < 4.78 is 41.1. The van der Waals surface area contributed by atoms with Crippen LogP contribution in [0, 0.1) is 6.92 Å². The van der Waals surface area contributed by atoms with Gasteiger partial charge in [-0.05, 0) is 24.6 Å². The summed E-state index contributed by atoms with van der Waals surface area (Å²) in [6.07, 6.45) is -4.52. The van der Waals surface area contributed by atoms with Crippen LogP contribution in [0.2, 0.25) is 0 Å². The number of benzene rings is 1. The lowest BCUT2D eigenvalue weighted by Crippen LogP contribution is -2.04. The van der Waals surface area contributed by atoms with E-state index < -0.39 is 12.1 Å². The van der Waals surface area contributed by atoms with Gasteiger partial charge in [-0.25, -0.2) is 4.98 Å². The number of halogens is 3. The molecule has 0 radical (unpaired) electrons. The molecule has 0 aliphatic heterocycles. The first kappa shape index (κ1) is 9.05. The van der Waals surface area contributed by atoms with Crippen molar-refractivity contribution in [3.8, 4) is 0 Å². The van der Waals surface area contributed by atoms with Crippen LogP contribution in [-0.4, -0.2) is 4.98 Å². The SMILES string of the molecule is Cc1ccc2oc(C(F)(F)F)nc2c1. The summed E-state index contributed by atoms with van der Waals surface area (Å²) >= 11 is 0. The quantitative estimate of drug-likeness (QED) is 0.654. The second-order valence-electron chi connectivity index (χ2n) is 2.99. The van der Waals surface area contributed by atoms with Crippen molar-refractivity contribution >= 4 is 11.1 Å². The number of hydrogen-bond acceptors (Lipinski definition) is 2. The number of aromatic nitrogens is 1. The highest BCUT2D eigenvalue weighted by Gasteiger charge is 2.37. The zero-order valence-corrected chi connectivity index (χ0v) is 7.22. The lowest BCUT2D eigenvalue weighted by Gasteiger charge is -1.96. The molecule has 2 rings (SSSR count). The van der Waals surface area contributed by atoms with E-state index in [0.29, 0.717) is 0 Å². The average molecular weight is 201 g/mol. The number of aryl methyl sites for hydroxylation is 1. The van der Waals surface area contributed by atoms with E-state index in [2.05, 4.69) is 9.40 Å². The van der Waals surface area contributed by atoms with Crippen molar-refractivity contribution in [2.75, 3.05) is 0 Å². The van der Waals surface area contributed by atoms with E-state index >= 15 is 0 Å². The largest absolute Gasteiger partial charge is 0.468 e. The van der Waals surface area contributed by atoms with Crippen LogP contribution >= 0.6 is 0 Å². The van der Waals surface area contributed by atoms with Gasteiger partial charge < -0.3 is 4.42 Å². The molecule has 0 saturated carbocycles. The Balaban J connectivity index is 2.63. The van der Waals surface area contributed by atoms with Crippen LogP contribution < -0.4 is 0 Å². The lowest BCUT2D eigenvalue weighted by atomic mass is 10.2. The van der Waals surface area contributed by atoms with Gasteiger partial charge in [-0.3, -0.25) is 0 Å². The number of alkyl halides is 3. The zero-order chi connectivity index (χ0) is 10.3. The third-order valence-corrected chi connectivity index (χ3v) is 1.79. The lowest BCUT2D eigenvalue weighted by molar-refractivity contribution is -0.156. The van der Waals surface area contributed by atoms with Crippen LogP contribution in [0.3, 0.4) is 0 Å². The van der Waals surface area contributed by atoms with Crippen molar-refractivity contribution < 1.29 is 17.6 Å². The molecule has 1 aromatic heterocycles. The summed E-state index contributed by atoms with van der Waals surface area (Å²) in [6, 6.07) is 4.70. The first-order valence-corrected chi connectivity index (χ1v) is 3.91. The molecule has 1 heterocycles. The van der Waals surface area contributed by atoms with E-state index in [-0.39, 0.29) is 11.1 Å². The van der Waals surface area contributed by atoms with Crippen LogP contribution in [0.1, 0.15) is 11.5 Å². The number of oxazole rings is 1. The van der Waals surface area contributed by atoms with E-state index in [4.69, 9.17) is 0 Å². The normalized spacial score (nSPS) is 12.3. The van der Waals surface area contributed by atoms with E-state index in [1.807, 2.05) is 0 Å². The number of hydrogen-bond donors (Lipinski definition) is 0. The highest BCUT2D eigenvalue weighted by atomic mass is 19.4. The van der Waals surface area contributed by atoms with E-state index in [9.17, 15) is 13.2 Å². The van der Waals surface area contributed by atoms with Gasteiger partial charge in [0.2, 0.25) is 0 Å². The minimum atomic E-state index is -4.52. The molecule has 2 nitrogen and oxygen atoms in total. The summed E-state index contributed by atoms with van der Waals surface area (Å²) in [7, 11) is 0. The fraction of sp³-hybridized carbons (Fsp3) is 0.222. The van der Waals surface area contributed by atoms with Crippen molar-refractivity contribution in [1.29, 1.82) is 0 Å². The van der Waals surface area contributed by atoms with E-state index in [0.717, 1.165) is 5.56 Å². The fourth-order valence-electron chi connectivity index (χ4n) is 1.16. The summed E-state index contributed by atoms with van der Waals surface area (Å²) in [4.78, 5) is 3.35. The summed E-state index contributed by atoms with van der Waals surface area (Å²) in [5.41, 5.74) is 1.24. The van der Waals surface area contributed by atoms with Crippen LogP contribution in [0.4, 0.5) is 13.2 Å². The molecular weight excluding hydrogens is 195 g/mol. The standard InChI is InChI=1S/C9H6F3NO/c1-5-2-3-7-6(4-5)13-8(14-7)9(10,11)12/h2-4H,1H3. The Morgan fingerprint density at radius 2 is 2.00 bits per heavy atom. The smallest absolute Gasteiger partial charge is 0.433 e. The van der Waals surface area contributed by atoms with Crippen LogP contribution in [-0.2, 0) is 6.18 Å². The summed E-state index contributed by atoms with van der Waals surface area (Å²) in [5, 5.41) is 0. The maximum absolute atomic E-state index is 12.2. The number of nitrogens with zero attached hydrogens (tertiary/aromatic N) is 1. The van der Waals surface area contributed by atoms with Gasteiger partial charge >= 0.3 is 12.1 Å². The summed E-state index contributed by atoms with van der Waals surface area (Å²) in [6.45, 7) is 1.78. The molecule has 0 aliphatic carbocycles. The van der Waals surface area contributed by atoms with Crippen molar-refractivity contribution in [3.63, 3.8) is 0 Å². The molecule has 0 atom stereocenters. The van der Waals surface area contributed by atoms with Gasteiger partial charge in [0.05, 0.1) is 0 Å². The van der Waals surface area contributed by atoms with Crippen LogP contribution in [0.25, 0.3) is 11.1 Å². The van der Waals surface area contributed by atoms with Crippen molar-refractivity contribution in [2.24, 2.45) is 0 Å². The molecule has 0 saturated heterocycles. The molecule has 0 N–H and O–H groups in total. The van der Waals surface area contributed by atoms with Gasteiger partial charge in [0, 0.05) is 0 Å². The monoisotopic (exact) mass is 201 g/mol. The molecule has 0 aliphatic rings. The van der Waals surface area contributed by atoms with Gasteiger partial charge in [-0.2, -0.15) is 13.2 Å². The van der Waals surface area contributed by atoms with E-state index in [1.54, 1.807) is 19.1 Å². The first-order chi connectivity index (χ1) is 6.47. The van der Waals surface area contributed by atoms with Gasteiger partial charge in [0.15, 0.2) is 5.58 Å². The summed E-state index contributed by atoms with van der Waals surface area (Å²) in [5.74, 6) is -1.20. The molecule has 0 unspecified atom stereocenters. The molecule has 1 aromatic carbocycles. The molecule has 14 heavy (non-hydrogen) atoms. The van der Waals surface area contributed by atoms with E-state index in [1.165, 1.54) is 6.07 Å². The maximum atomic E-state index is 12.2. The third kappa shape index (κ3) is 1.45. The Hall–Kier alpha value is -1.52. The Morgan fingerprint density at radius 3 is 2.64 bits per heavy atom.